The maximum Gasteiger partial charge on any atom is 0.187 e. The minimum absolute atomic E-state index is 0. The number of carbonyl (C=O) groups is 1. The van der Waals surface area contributed by atoms with Crippen molar-refractivity contribution >= 4 is 11.5 Å². The van der Waals surface area contributed by atoms with Crippen molar-refractivity contribution in [2.24, 2.45) is 0 Å². The third-order valence-corrected chi connectivity index (χ3v) is 3.52. The predicted octanol–water partition coefficient (Wildman–Crippen LogP) is 4.73. The number of nitrogens with one attached hydrogen (secondary N) is 1. The summed E-state index contributed by atoms with van der Waals surface area (Å²) in [7, 11) is 1.61. The summed E-state index contributed by atoms with van der Waals surface area (Å²) in [6.07, 6.45) is 28.5. The first-order valence-electron chi connectivity index (χ1n) is 8.63. The largest absolute Gasteiger partial charge is 0.495 e. The first-order chi connectivity index (χ1) is 13.3. The number of methoxy groups -OCH3 is 1. The monoisotopic (exact) mass is 509 g/mol. The van der Waals surface area contributed by atoms with Crippen LogP contribution in [0.1, 0.15) is 0 Å². The molecule has 1 aromatic carbocycles. The van der Waals surface area contributed by atoms with Gasteiger partial charge in [0, 0.05) is 52.2 Å². The number of benzene rings is 1. The molecule has 2 fully saturated rings. The normalized spacial score (nSPS) is 18.5. The summed E-state index contributed by atoms with van der Waals surface area (Å²) in [6, 6.07) is 7.55. The number of hydrogen-bond donors (Lipinski definition) is 1. The molecule has 4 rings (SSSR count). The number of para-hydroxylation sites is 2. The van der Waals surface area contributed by atoms with E-state index in [4.69, 9.17) is 4.74 Å². The number of anilines is 1. The van der Waals surface area contributed by atoms with Crippen LogP contribution in [0.3, 0.4) is 0 Å². The minimum atomic E-state index is -0.00472. The average Bonchev–Trinajstić information content (AvgIpc) is 3.46. The summed E-state index contributed by atoms with van der Waals surface area (Å²) >= 11 is 0. The second-order valence-electron chi connectivity index (χ2n) is 5.45. The Morgan fingerprint density at radius 3 is 1.79 bits per heavy atom. The molecule has 0 atom stereocenters. The van der Waals surface area contributed by atoms with Crippen LogP contribution in [-0.2, 0) is 4.79 Å². The molecule has 0 saturated heterocycles. The fourth-order valence-electron chi connectivity index (χ4n) is 2.16. The number of carbonyl (C=O) groups excluding carboxylic acids is 1. The molecule has 142 valence electrons. The van der Waals surface area contributed by atoms with Crippen LogP contribution in [0.25, 0.3) is 0 Å². The molecule has 10 radical (unpaired) electrons. The van der Waals surface area contributed by atoms with E-state index in [-0.39, 0.29) is 46.2 Å². The Morgan fingerprint density at radius 1 is 0.786 bits per heavy atom. The zero-order valence-electron chi connectivity index (χ0n) is 15.7. The summed E-state index contributed by atoms with van der Waals surface area (Å²) in [5.41, 5.74) is 1.46. The van der Waals surface area contributed by atoms with E-state index >= 15 is 0 Å². The van der Waals surface area contributed by atoms with Crippen LogP contribution >= 0.6 is 0 Å². The van der Waals surface area contributed by atoms with Gasteiger partial charge in [0.1, 0.15) is 5.75 Å². The molecule has 1 N–H and O–H groups in total. The third-order valence-electron chi connectivity index (χ3n) is 3.52. The predicted molar refractivity (Wildman–Crippen MR) is 111 cm³/mol. The van der Waals surface area contributed by atoms with Crippen molar-refractivity contribution in [2.75, 3.05) is 12.4 Å². The molecule has 0 aliphatic heterocycles. The van der Waals surface area contributed by atoms with Crippen LogP contribution in [0.4, 0.5) is 5.69 Å². The van der Waals surface area contributed by atoms with E-state index in [1.807, 2.05) is 94.5 Å². The minimum Gasteiger partial charge on any atom is -0.495 e. The van der Waals surface area contributed by atoms with E-state index in [9.17, 15) is 4.79 Å². The molecule has 3 nitrogen and oxygen atoms in total. The standard InChI is InChI=1S/C14H13NO2.2C5H5.Sm/c1-17-14-9-5-3-7-12(14)15-10-11-6-2-4-8-13(11)16;2*1-2-4-5-3-1;/h2-10,15H,1H3;2*1-5H;/b11-10+;;;. The molecule has 0 aromatic heterocycles. The van der Waals surface area contributed by atoms with Gasteiger partial charge in [-0.3, -0.25) is 4.79 Å². The maximum absolute atomic E-state index is 11.5. The Kier molecular flexibility index (Phi) is 14.3. The molecule has 0 heterocycles. The summed E-state index contributed by atoms with van der Waals surface area (Å²) in [6.45, 7) is 0. The second-order valence-corrected chi connectivity index (χ2v) is 5.45. The molecule has 2 saturated carbocycles. The summed E-state index contributed by atoms with van der Waals surface area (Å²) in [5, 5.41) is 3.07. The van der Waals surface area contributed by atoms with Gasteiger partial charge in [0.15, 0.2) is 5.78 Å². The molecule has 28 heavy (non-hydrogen) atoms. The van der Waals surface area contributed by atoms with E-state index in [1.54, 1.807) is 25.5 Å². The first kappa shape index (κ1) is 25.1. The van der Waals surface area contributed by atoms with Crippen molar-refractivity contribution in [1.29, 1.82) is 0 Å². The molecule has 0 spiro atoms. The van der Waals surface area contributed by atoms with Gasteiger partial charge in [-0.05, 0) is 88.5 Å². The van der Waals surface area contributed by atoms with Crippen molar-refractivity contribution in [3.05, 3.63) is 125 Å². The SMILES string of the molecule is COc1ccccc1N/C=C1\C=CC=CC1=O.[CH]1[CH][CH][CH][CH]1.[CH]1[CH][CH][CH][CH]1.[Sm]. The molecule has 3 aliphatic carbocycles. The van der Waals surface area contributed by atoms with Gasteiger partial charge in [0.25, 0.3) is 0 Å². The number of allylic oxidation sites excluding steroid dienone is 5. The van der Waals surface area contributed by atoms with Gasteiger partial charge in [-0.15, -0.1) is 0 Å². The first-order valence-corrected chi connectivity index (χ1v) is 8.63. The van der Waals surface area contributed by atoms with Gasteiger partial charge < -0.3 is 10.1 Å². The maximum atomic E-state index is 11.5. The zero-order chi connectivity index (χ0) is 19.2. The van der Waals surface area contributed by atoms with Crippen molar-refractivity contribution in [1.82, 2.24) is 0 Å². The Balaban J connectivity index is 0.000000290. The number of rotatable bonds is 3. The Labute approximate surface area is 202 Å². The van der Waals surface area contributed by atoms with Crippen LogP contribution in [0.15, 0.2) is 60.3 Å². The summed E-state index contributed by atoms with van der Waals surface area (Å²) < 4.78 is 5.20. The average molecular weight is 508 g/mol. The van der Waals surface area contributed by atoms with E-state index < -0.39 is 0 Å². The van der Waals surface area contributed by atoms with E-state index in [1.165, 1.54) is 6.08 Å². The quantitative estimate of drug-likeness (QED) is 0.601. The van der Waals surface area contributed by atoms with E-state index in [2.05, 4.69) is 5.32 Å². The van der Waals surface area contributed by atoms with Crippen LogP contribution in [0.5, 0.6) is 5.75 Å². The smallest absolute Gasteiger partial charge is 0.187 e. The van der Waals surface area contributed by atoms with Crippen molar-refractivity contribution < 1.29 is 49.9 Å². The fraction of sp³-hybridized carbons (Fsp3) is 0.0417. The number of ether oxygens (including phenoxy) is 1. The summed E-state index contributed by atoms with van der Waals surface area (Å²) in [5.74, 6) is 0.738. The Hall–Kier alpha value is -0.952. The molecular formula is C24H23NO2Sm. The molecule has 0 unspecified atom stereocenters. The van der Waals surface area contributed by atoms with Gasteiger partial charge in [-0.25, -0.2) is 0 Å². The van der Waals surface area contributed by atoms with Gasteiger partial charge in [-0.1, -0.05) is 24.3 Å². The van der Waals surface area contributed by atoms with Crippen LogP contribution in [0, 0.1) is 105 Å². The Bertz CT molecular complexity index is 631. The van der Waals surface area contributed by atoms with Crippen LogP contribution in [-0.4, -0.2) is 12.9 Å². The topological polar surface area (TPSA) is 38.3 Å². The molecule has 4 heteroatoms. The molecule has 1 aromatic rings. The molecule has 0 bridgehead atoms. The van der Waals surface area contributed by atoms with Crippen molar-refractivity contribution in [3.63, 3.8) is 0 Å². The van der Waals surface area contributed by atoms with Gasteiger partial charge >= 0.3 is 0 Å². The second kappa shape index (κ2) is 15.9. The van der Waals surface area contributed by atoms with E-state index in [0.29, 0.717) is 5.57 Å². The zero-order valence-corrected chi connectivity index (χ0v) is 18.3. The molecular weight excluding hydrogens is 485 g/mol. The van der Waals surface area contributed by atoms with Gasteiger partial charge in [0.05, 0.1) is 12.8 Å². The van der Waals surface area contributed by atoms with Crippen LogP contribution < -0.4 is 10.1 Å². The van der Waals surface area contributed by atoms with E-state index in [0.717, 1.165) is 11.4 Å². The third kappa shape index (κ3) is 10.0. The van der Waals surface area contributed by atoms with Crippen molar-refractivity contribution in [2.45, 2.75) is 0 Å². The summed E-state index contributed by atoms with van der Waals surface area (Å²) in [4.78, 5) is 11.5. The number of hydrogen-bond acceptors (Lipinski definition) is 3. The van der Waals surface area contributed by atoms with Gasteiger partial charge in [-0.2, -0.15) is 0 Å². The van der Waals surface area contributed by atoms with Gasteiger partial charge in [0.2, 0.25) is 0 Å². The van der Waals surface area contributed by atoms with Crippen molar-refractivity contribution in [3.8, 4) is 5.75 Å². The molecule has 0 amide bonds. The Morgan fingerprint density at radius 2 is 1.29 bits per heavy atom. The number of ketones is 1. The van der Waals surface area contributed by atoms with Crippen LogP contribution in [0.2, 0.25) is 0 Å². The molecule has 3 aliphatic rings. The fourth-order valence-corrected chi connectivity index (χ4v) is 2.16.